The van der Waals surface area contributed by atoms with Gasteiger partial charge in [-0.15, -0.1) is 0 Å². The fourth-order valence-electron chi connectivity index (χ4n) is 2.71. The zero-order valence-corrected chi connectivity index (χ0v) is 12.9. The number of rotatable bonds is 10. The Morgan fingerprint density at radius 3 is 2.60 bits per heavy atom. The summed E-state index contributed by atoms with van der Waals surface area (Å²) in [4.78, 5) is 0. The molecule has 1 aliphatic rings. The summed E-state index contributed by atoms with van der Waals surface area (Å²) in [5.41, 5.74) is 3.41. The highest BCUT2D eigenvalue weighted by Gasteiger charge is 2.41. The van der Waals surface area contributed by atoms with E-state index in [4.69, 9.17) is 4.74 Å². The van der Waals surface area contributed by atoms with Crippen LogP contribution in [-0.4, -0.2) is 33.9 Å². The Morgan fingerprint density at radius 2 is 1.95 bits per heavy atom. The number of benzene rings is 1. The highest BCUT2D eigenvalue weighted by molar-refractivity contribution is 5.27. The molecule has 0 saturated heterocycles. The molecule has 0 bridgehead atoms. The summed E-state index contributed by atoms with van der Waals surface area (Å²) >= 11 is 0. The van der Waals surface area contributed by atoms with Gasteiger partial charge in [0.05, 0.1) is 0 Å². The van der Waals surface area contributed by atoms with Crippen LogP contribution < -0.4 is 10.6 Å². The Bertz CT molecular complexity index is 402. The highest BCUT2D eigenvalue weighted by atomic mass is 16.5. The zero-order chi connectivity index (χ0) is 14.3. The third kappa shape index (κ3) is 4.58. The summed E-state index contributed by atoms with van der Waals surface area (Å²) < 4.78 is 5.21. The van der Waals surface area contributed by atoms with Crippen LogP contribution in [-0.2, 0) is 17.7 Å². The van der Waals surface area contributed by atoms with E-state index < -0.39 is 0 Å². The molecule has 3 nitrogen and oxygen atoms in total. The molecule has 20 heavy (non-hydrogen) atoms. The van der Waals surface area contributed by atoms with E-state index in [1.807, 2.05) is 7.05 Å². The molecule has 1 fully saturated rings. The van der Waals surface area contributed by atoms with Crippen molar-refractivity contribution in [2.24, 2.45) is 5.41 Å². The fraction of sp³-hybridized carbons (Fsp3) is 0.647. The van der Waals surface area contributed by atoms with Gasteiger partial charge < -0.3 is 15.4 Å². The Morgan fingerprint density at radius 1 is 1.20 bits per heavy atom. The van der Waals surface area contributed by atoms with Crippen LogP contribution in [0.3, 0.4) is 0 Å². The Balaban J connectivity index is 1.79. The predicted octanol–water partition coefficient (Wildman–Crippen LogP) is 2.35. The Kier molecular flexibility index (Phi) is 6.02. The molecule has 2 rings (SSSR count). The number of methoxy groups -OCH3 is 1. The molecule has 1 aromatic rings. The number of hydrogen-bond donors (Lipinski definition) is 2. The van der Waals surface area contributed by atoms with Crippen LogP contribution in [0.5, 0.6) is 0 Å². The standard InChI is InChI=1S/C17H28N2O/c1-18-11-7-15-5-3-4-6-16(15)13-19-14-17(8-9-17)10-12-20-2/h3-6,18-19H,7-14H2,1-2H3. The lowest BCUT2D eigenvalue weighted by molar-refractivity contribution is 0.171. The van der Waals surface area contributed by atoms with E-state index in [1.165, 1.54) is 30.4 Å². The van der Waals surface area contributed by atoms with Crippen LogP contribution in [0.1, 0.15) is 30.4 Å². The van der Waals surface area contributed by atoms with Crippen LogP contribution >= 0.6 is 0 Å². The van der Waals surface area contributed by atoms with Gasteiger partial charge in [0.25, 0.3) is 0 Å². The number of hydrogen-bond acceptors (Lipinski definition) is 3. The summed E-state index contributed by atoms with van der Waals surface area (Å²) in [6.07, 6.45) is 5.00. The minimum absolute atomic E-state index is 0.524. The van der Waals surface area contributed by atoms with Crippen LogP contribution in [0.25, 0.3) is 0 Å². The first-order chi connectivity index (χ1) is 9.79. The first kappa shape index (κ1) is 15.5. The van der Waals surface area contributed by atoms with Crippen LogP contribution in [0, 0.1) is 5.41 Å². The molecule has 0 spiro atoms. The van der Waals surface area contributed by atoms with Gasteiger partial charge in [-0.2, -0.15) is 0 Å². The van der Waals surface area contributed by atoms with E-state index >= 15 is 0 Å². The second kappa shape index (κ2) is 7.77. The average Bonchev–Trinajstić information content (AvgIpc) is 3.24. The minimum atomic E-state index is 0.524. The Hall–Kier alpha value is -0.900. The van der Waals surface area contributed by atoms with Crippen molar-refractivity contribution in [3.05, 3.63) is 35.4 Å². The van der Waals surface area contributed by atoms with Gasteiger partial charge in [0.15, 0.2) is 0 Å². The SMILES string of the molecule is CNCCc1ccccc1CNCC1(CCOC)CC1. The quantitative estimate of drug-likeness (QED) is 0.688. The molecule has 1 aliphatic carbocycles. The molecule has 1 saturated carbocycles. The third-order valence-corrected chi connectivity index (χ3v) is 4.37. The van der Waals surface area contributed by atoms with Crippen molar-refractivity contribution in [3.8, 4) is 0 Å². The van der Waals surface area contributed by atoms with Crippen molar-refractivity contribution in [1.29, 1.82) is 0 Å². The molecule has 3 heteroatoms. The number of ether oxygens (including phenoxy) is 1. The first-order valence-electron chi connectivity index (χ1n) is 7.71. The average molecular weight is 276 g/mol. The van der Waals surface area contributed by atoms with Crippen molar-refractivity contribution < 1.29 is 4.74 Å². The molecule has 0 heterocycles. The molecule has 0 aliphatic heterocycles. The van der Waals surface area contributed by atoms with Crippen molar-refractivity contribution in [2.75, 3.05) is 33.9 Å². The molecule has 0 aromatic heterocycles. The molecule has 2 N–H and O–H groups in total. The Labute approximate surface area is 123 Å². The second-order valence-corrected chi connectivity index (χ2v) is 5.97. The molecule has 1 aromatic carbocycles. The van der Waals surface area contributed by atoms with Gasteiger partial charge in [-0.05, 0) is 55.8 Å². The lowest BCUT2D eigenvalue weighted by atomic mass is 10.0. The van der Waals surface area contributed by atoms with Gasteiger partial charge in [0.1, 0.15) is 0 Å². The van der Waals surface area contributed by atoms with E-state index in [0.29, 0.717) is 5.41 Å². The predicted molar refractivity (Wildman–Crippen MR) is 83.9 cm³/mol. The van der Waals surface area contributed by atoms with Crippen molar-refractivity contribution in [3.63, 3.8) is 0 Å². The first-order valence-corrected chi connectivity index (χ1v) is 7.71. The molecular formula is C17H28N2O. The highest BCUT2D eigenvalue weighted by Crippen LogP contribution is 2.48. The molecule has 0 unspecified atom stereocenters. The van der Waals surface area contributed by atoms with Gasteiger partial charge >= 0.3 is 0 Å². The van der Waals surface area contributed by atoms with E-state index in [0.717, 1.165) is 32.7 Å². The van der Waals surface area contributed by atoms with Crippen LogP contribution in [0.2, 0.25) is 0 Å². The topological polar surface area (TPSA) is 33.3 Å². The normalized spacial score (nSPS) is 16.3. The molecule has 0 amide bonds. The molecule has 112 valence electrons. The van der Waals surface area contributed by atoms with Crippen LogP contribution in [0.15, 0.2) is 24.3 Å². The number of nitrogens with one attached hydrogen (secondary N) is 2. The lowest BCUT2D eigenvalue weighted by Crippen LogP contribution is -2.25. The van der Waals surface area contributed by atoms with Gasteiger partial charge in [0.2, 0.25) is 0 Å². The second-order valence-electron chi connectivity index (χ2n) is 5.97. The summed E-state index contributed by atoms with van der Waals surface area (Å²) in [5.74, 6) is 0. The van der Waals surface area contributed by atoms with Gasteiger partial charge in [-0.3, -0.25) is 0 Å². The van der Waals surface area contributed by atoms with E-state index in [9.17, 15) is 0 Å². The smallest absolute Gasteiger partial charge is 0.0468 e. The van der Waals surface area contributed by atoms with Crippen molar-refractivity contribution in [1.82, 2.24) is 10.6 Å². The van der Waals surface area contributed by atoms with Gasteiger partial charge in [-0.25, -0.2) is 0 Å². The van der Waals surface area contributed by atoms with E-state index in [2.05, 4.69) is 34.9 Å². The minimum Gasteiger partial charge on any atom is -0.385 e. The third-order valence-electron chi connectivity index (χ3n) is 4.37. The molecular weight excluding hydrogens is 248 g/mol. The van der Waals surface area contributed by atoms with Crippen LogP contribution in [0.4, 0.5) is 0 Å². The monoisotopic (exact) mass is 276 g/mol. The summed E-state index contributed by atoms with van der Waals surface area (Å²) in [6, 6.07) is 8.76. The maximum atomic E-state index is 5.21. The molecule has 0 radical (unpaired) electrons. The maximum absolute atomic E-state index is 5.21. The number of likely N-dealkylation sites (N-methyl/N-ethyl adjacent to an activating group) is 1. The van der Waals surface area contributed by atoms with Crippen molar-refractivity contribution in [2.45, 2.75) is 32.2 Å². The van der Waals surface area contributed by atoms with Gasteiger partial charge in [-0.1, -0.05) is 24.3 Å². The fourth-order valence-corrected chi connectivity index (χ4v) is 2.71. The van der Waals surface area contributed by atoms with Crippen molar-refractivity contribution >= 4 is 0 Å². The largest absolute Gasteiger partial charge is 0.385 e. The van der Waals surface area contributed by atoms with E-state index in [1.54, 1.807) is 7.11 Å². The maximum Gasteiger partial charge on any atom is 0.0468 e. The summed E-state index contributed by atoms with van der Waals surface area (Å²) in [6.45, 7) is 4.03. The summed E-state index contributed by atoms with van der Waals surface area (Å²) in [5, 5.41) is 6.88. The van der Waals surface area contributed by atoms with E-state index in [-0.39, 0.29) is 0 Å². The zero-order valence-electron chi connectivity index (χ0n) is 12.9. The molecule has 0 atom stereocenters. The van der Waals surface area contributed by atoms with Gasteiger partial charge in [0, 0.05) is 26.8 Å². The lowest BCUT2D eigenvalue weighted by Gasteiger charge is -2.16. The summed E-state index contributed by atoms with van der Waals surface area (Å²) in [7, 11) is 3.80.